The summed E-state index contributed by atoms with van der Waals surface area (Å²) < 4.78 is 58.4. The van der Waals surface area contributed by atoms with Gasteiger partial charge in [0.1, 0.15) is 55.9 Å². The van der Waals surface area contributed by atoms with Crippen LogP contribution in [0.3, 0.4) is 0 Å². The molecule has 2 heterocycles. The fourth-order valence-electron chi connectivity index (χ4n) is 9.23. The summed E-state index contributed by atoms with van der Waals surface area (Å²) in [5.41, 5.74) is -6.14. The van der Waals surface area contributed by atoms with Crippen molar-refractivity contribution in [2.24, 2.45) is 9.98 Å². The average molecular weight is 1170 g/mol. The minimum Gasteiger partial charge on any atom is -0.450 e. The van der Waals surface area contributed by atoms with Crippen LogP contribution in [0.15, 0.2) is 101 Å². The van der Waals surface area contributed by atoms with E-state index < -0.39 is 104 Å². The normalized spacial score (nSPS) is 12.4. The second kappa shape index (κ2) is 25.4. The highest BCUT2D eigenvalue weighted by molar-refractivity contribution is 6.21. The van der Waals surface area contributed by atoms with Gasteiger partial charge in [-0.25, -0.2) is 48.8 Å². The molecule has 85 heavy (non-hydrogen) atoms. The van der Waals surface area contributed by atoms with E-state index in [-0.39, 0.29) is 77.4 Å². The Hall–Kier alpha value is -9.10. The number of hydrogen-bond acceptors (Lipinski definition) is 20. The van der Waals surface area contributed by atoms with Crippen LogP contribution in [0.25, 0.3) is 0 Å². The molecule has 0 atom stereocenters. The average Bonchev–Trinajstić information content (AvgIpc) is 0.812. The second-order valence-corrected chi connectivity index (χ2v) is 22.2. The number of fused-ring (bicyclic) bond motifs is 4. The number of anilines is 4. The van der Waals surface area contributed by atoms with E-state index in [1.807, 2.05) is 0 Å². The van der Waals surface area contributed by atoms with E-state index in [0.29, 0.717) is 9.80 Å². The fourth-order valence-corrected chi connectivity index (χ4v) is 9.23. The van der Waals surface area contributed by atoms with Gasteiger partial charge in [0.05, 0.1) is 37.8 Å². The van der Waals surface area contributed by atoms with Gasteiger partial charge in [-0.2, -0.15) is 0 Å². The highest BCUT2D eigenvalue weighted by Gasteiger charge is 2.43. The minimum absolute atomic E-state index is 0.0451. The predicted molar refractivity (Wildman–Crippen MR) is 308 cm³/mol. The molecule has 5 aromatic rings. The number of benzene rings is 5. The molecule has 2 aliphatic heterocycles. The summed E-state index contributed by atoms with van der Waals surface area (Å²) >= 11 is 0. The van der Waals surface area contributed by atoms with Gasteiger partial charge in [-0.05, 0) is 110 Å². The predicted octanol–water partition coefficient (Wildman–Crippen LogP) is 10.4. The van der Waals surface area contributed by atoms with Crippen LogP contribution in [0, 0.1) is 6.92 Å². The summed E-state index contributed by atoms with van der Waals surface area (Å²) in [5, 5.41) is -0.868. The molecule has 24 nitrogen and oxygen atoms in total. The van der Waals surface area contributed by atoms with Crippen LogP contribution in [0.1, 0.15) is 95.5 Å². The van der Waals surface area contributed by atoms with Crippen LogP contribution in [0.4, 0.5) is 53.3 Å². The standard InChI is InChI=1S/C61H68N6O18/c1-35-28-42-45(30-43(35)67(53(71)39-24-20-17-21-25-39)57(75)85-61(10,11)34-79-15)81-51-47(63-42)49(65(37(3)69)55(73)83-59(6,7)32-77-13)50-46(48(51)64(36(2)68)54(72)82-58(4,5)31-76-12)62-41-27-26-40(29-44(41)80-50)66(52(70)38-22-18-16-19-23-38)56(74)84-60(8,9)33-78-14/h16-30H,31-34H2,1-15H3. The van der Waals surface area contributed by atoms with Gasteiger partial charge in [-0.3, -0.25) is 19.2 Å². The Morgan fingerprint density at radius 3 is 1.19 bits per heavy atom. The molecule has 8 amide bonds. The number of carbonyl (C=O) groups is 8. The maximum Gasteiger partial charge on any atom is 0.422 e. The molecule has 0 fully saturated rings. The van der Waals surface area contributed by atoms with Crippen molar-refractivity contribution >= 4 is 82.1 Å². The number of amides is 8. The summed E-state index contributed by atoms with van der Waals surface area (Å²) in [6.07, 6.45) is -4.79. The summed E-state index contributed by atoms with van der Waals surface area (Å²) in [4.78, 5) is 129. The summed E-state index contributed by atoms with van der Waals surface area (Å²) in [6, 6.07) is 22.6. The van der Waals surface area contributed by atoms with E-state index in [4.69, 9.17) is 57.4 Å². The monoisotopic (exact) mass is 1170 g/mol. The van der Waals surface area contributed by atoms with Crippen LogP contribution in [0.2, 0.25) is 0 Å². The van der Waals surface area contributed by atoms with E-state index in [1.54, 1.807) is 71.0 Å². The molecule has 7 rings (SSSR count). The van der Waals surface area contributed by atoms with Gasteiger partial charge in [0, 0.05) is 65.5 Å². The zero-order valence-corrected chi connectivity index (χ0v) is 50.0. The highest BCUT2D eigenvalue weighted by atomic mass is 16.6. The Bertz CT molecular complexity index is 3590. The first-order valence-electron chi connectivity index (χ1n) is 26.6. The molecule has 450 valence electrons. The van der Waals surface area contributed by atoms with Gasteiger partial charge >= 0.3 is 24.4 Å². The van der Waals surface area contributed by atoms with Crippen LogP contribution >= 0.6 is 0 Å². The molecular weight excluding hydrogens is 1100 g/mol. The Morgan fingerprint density at radius 1 is 0.447 bits per heavy atom. The van der Waals surface area contributed by atoms with Crippen molar-refractivity contribution in [2.45, 2.75) is 98.6 Å². The first-order chi connectivity index (χ1) is 40.0. The van der Waals surface area contributed by atoms with E-state index in [1.165, 1.54) is 111 Å². The molecule has 0 saturated carbocycles. The highest BCUT2D eigenvalue weighted by Crippen LogP contribution is 2.48. The number of rotatable bonds is 18. The third-order valence-electron chi connectivity index (χ3n) is 12.6. The molecule has 0 aliphatic carbocycles. The molecule has 0 spiro atoms. The van der Waals surface area contributed by atoms with Crippen LogP contribution in [0.5, 0.6) is 23.0 Å². The Balaban J connectivity index is 1.59. The van der Waals surface area contributed by atoms with Crippen molar-refractivity contribution in [3.63, 3.8) is 0 Å². The number of nitrogens with zero attached hydrogens (tertiary/aromatic N) is 6. The van der Waals surface area contributed by atoms with E-state index >= 15 is 0 Å². The molecule has 0 bridgehead atoms. The maximum atomic E-state index is 14.9. The molecule has 5 aromatic carbocycles. The minimum atomic E-state index is -1.39. The Labute approximate surface area is 490 Å². The molecule has 0 N–H and O–H groups in total. The lowest BCUT2D eigenvalue weighted by atomic mass is 10.1. The van der Waals surface area contributed by atoms with Crippen molar-refractivity contribution in [1.82, 2.24) is 0 Å². The van der Waals surface area contributed by atoms with Gasteiger partial charge in [0.25, 0.3) is 11.8 Å². The first-order valence-corrected chi connectivity index (χ1v) is 26.6. The van der Waals surface area contributed by atoms with Gasteiger partial charge < -0.3 is 47.4 Å². The topological polar surface area (TPSA) is 267 Å². The van der Waals surface area contributed by atoms with Crippen LogP contribution in [-0.2, 0) is 47.5 Å². The number of imide groups is 4. The second-order valence-electron chi connectivity index (χ2n) is 22.2. The molecule has 0 radical (unpaired) electrons. The maximum absolute atomic E-state index is 14.9. The molecule has 0 saturated heterocycles. The number of hydrogen-bond donors (Lipinski definition) is 0. The van der Waals surface area contributed by atoms with Gasteiger partial charge in [0.2, 0.25) is 11.8 Å². The third kappa shape index (κ3) is 14.1. The number of aryl methyl sites for hydroxylation is 1. The third-order valence-corrected chi connectivity index (χ3v) is 12.6. The summed E-state index contributed by atoms with van der Waals surface area (Å²) in [6.45, 7) is 15.7. The van der Waals surface area contributed by atoms with Crippen LogP contribution in [-0.4, -0.2) is 125 Å². The quantitative estimate of drug-likeness (QED) is 0.0571. The van der Waals surface area contributed by atoms with E-state index in [2.05, 4.69) is 0 Å². The lowest BCUT2D eigenvalue weighted by Crippen LogP contribution is -2.47. The molecule has 24 heteroatoms. The fraction of sp³-hybridized carbons (Fsp3) is 0.377. The lowest BCUT2D eigenvalue weighted by molar-refractivity contribution is -0.117. The number of methoxy groups -OCH3 is 4. The zero-order chi connectivity index (χ0) is 62.5. The molecule has 0 unspecified atom stereocenters. The van der Waals surface area contributed by atoms with Crippen molar-refractivity contribution in [3.05, 3.63) is 118 Å². The number of ether oxygens (including phenoxy) is 10. The van der Waals surface area contributed by atoms with Gasteiger partial charge in [-0.15, -0.1) is 0 Å². The summed E-state index contributed by atoms with van der Waals surface area (Å²) in [5.74, 6) is -5.02. The zero-order valence-electron chi connectivity index (χ0n) is 50.0. The van der Waals surface area contributed by atoms with Crippen molar-refractivity contribution in [3.8, 4) is 23.0 Å². The Morgan fingerprint density at radius 2 is 0.800 bits per heavy atom. The van der Waals surface area contributed by atoms with Crippen molar-refractivity contribution in [2.75, 3.05) is 74.5 Å². The van der Waals surface area contributed by atoms with E-state index in [0.717, 1.165) is 23.6 Å². The van der Waals surface area contributed by atoms with Crippen molar-refractivity contribution in [1.29, 1.82) is 0 Å². The smallest absolute Gasteiger partial charge is 0.422 e. The number of carbonyl (C=O) groups excluding carboxylic acids is 8. The van der Waals surface area contributed by atoms with Gasteiger partial charge in [0.15, 0.2) is 23.0 Å². The largest absolute Gasteiger partial charge is 0.450 e. The molecule has 0 aromatic heterocycles. The first kappa shape index (κ1) is 63.5. The summed E-state index contributed by atoms with van der Waals surface area (Å²) in [7, 11) is 5.60. The van der Waals surface area contributed by atoms with Gasteiger partial charge in [-0.1, -0.05) is 36.4 Å². The van der Waals surface area contributed by atoms with E-state index in [9.17, 15) is 38.4 Å². The lowest BCUT2D eigenvalue weighted by Gasteiger charge is -2.33. The van der Waals surface area contributed by atoms with Crippen LogP contribution < -0.4 is 39.8 Å². The molecule has 2 aliphatic rings. The van der Waals surface area contributed by atoms with Crippen molar-refractivity contribution < 1.29 is 85.7 Å². The SMILES string of the molecule is COCC(C)(C)OC(=O)N(C(=O)c1ccccc1)c1ccc2c(c1)Oc1c(N(C(C)=O)C(=O)OC(C)(C)COC)c3c(c(N(C(C)=O)C(=O)OC(C)(C)COC)c1=N2)Oc1cc(N(C(=O)OC(C)(C)COC)C(=O)c2ccccc2)c(C)cc1N=3. The molecular formula is C61H68N6O18. The Kier molecular flexibility index (Phi) is 19.0.